The zero-order valence-corrected chi connectivity index (χ0v) is 12.5. The van der Waals surface area contributed by atoms with Gasteiger partial charge in [-0.1, -0.05) is 17.7 Å². The molecule has 110 valence electrons. The Morgan fingerprint density at radius 3 is 2.85 bits per heavy atom. The van der Waals surface area contributed by atoms with Crippen molar-refractivity contribution in [1.82, 2.24) is 4.90 Å². The molecule has 0 bridgehead atoms. The Balaban J connectivity index is 1.75. The Hall–Kier alpha value is -1.10. The molecule has 0 aromatic heterocycles. The van der Waals surface area contributed by atoms with Crippen LogP contribution in [0.1, 0.15) is 12.8 Å². The Morgan fingerprint density at radius 1 is 1.45 bits per heavy atom. The number of halogens is 1. The number of benzene rings is 1. The molecule has 1 heterocycles. The minimum Gasteiger partial charge on any atom is -0.384 e. The maximum Gasteiger partial charge on any atom is 0.238 e. The van der Waals surface area contributed by atoms with E-state index >= 15 is 0 Å². The quantitative estimate of drug-likeness (QED) is 0.908. The number of methoxy groups -OCH3 is 1. The summed E-state index contributed by atoms with van der Waals surface area (Å²) in [4.78, 5) is 14.2. The monoisotopic (exact) mass is 296 g/mol. The molecule has 0 unspecified atom stereocenters. The number of hydrogen-bond donors (Lipinski definition) is 1. The standard InChI is InChI=1S/C15H21ClN2O2/c1-20-11-12-5-7-18(8-6-12)10-15(19)17-14-4-2-3-13(16)9-14/h2-4,9,12H,5-8,10-11H2,1H3,(H,17,19). The molecule has 0 saturated carbocycles. The van der Waals surface area contributed by atoms with Crippen LogP contribution in [0.15, 0.2) is 24.3 Å². The number of amides is 1. The summed E-state index contributed by atoms with van der Waals surface area (Å²) in [5.41, 5.74) is 0.747. The lowest BCUT2D eigenvalue weighted by Gasteiger charge is -2.30. The molecule has 1 aromatic rings. The molecular weight excluding hydrogens is 276 g/mol. The van der Waals surface area contributed by atoms with Gasteiger partial charge in [-0.15, -0.1) is 0 Å². The summed E-state index contributed by atoms with van der Waals surface area (Å²) in [6.07, 6.45) is 2.19. The highest BCUT2D eigenvalue weighted by Gasteiger charge is 2.20. The van der Waals surface area contributed by atoms with E-state index in [2.05, 4.69) is 10.2 Å². The van der Waals surface area contributed by atoms with E-state index in [-0.39, 0.29) is 5.91 Å². The summed E-state index contributed by atoms with van der Waals surface area (Å²) >= 11 is 5.89. The second kappa shape index (κ2) is 7.62. The van der Waals surface area contributed by atoms with E-state index in [4.69, 9.17) is 16.3 Å². The van der Waals surface area contributed by atoms with Crippen LogP contribution in [0, 0.1) is 5.92 Å². The fourth-order valence-corrected chi connectivity index (χ4v) is 2.71. The van der Waals surface area contributed by atoms with Crippen molar-refractivity contribution in [2.45, 2.75) is 12.8 Å². The van der Waals surface area contributed by atoms with Crippen LogP contribution in [-0.4, -0.2) is 44.2 Å². The number of hydrogen-bond acceptors (Lipinski definition) is 3. The van der Waals surface area contributed by atoms with Gasteiger partial charge in [0, 0.05) is 24.4 Å². The first-order valence-electron chi connectivity index (χ1n) is 6.94. The van der Waals surface area contributed by atoms with Gasteiger partial charge in [0.05, 0.1) is 6.54 Å². The van der Waals surface area contributed by atoms with Gasteiger partial charge in [0.15, 0.2) is 0 Å². The predicted molar refractivity (Wildman–Crippen MR) is 81.1 cm³/mol. The van der Waals surface area contributed by atoms with Gasteiger partial charge < -0.3 is 10.1 Å². The summed E-state index contributed by atoms with van der Waals surface area (Å²) in [5.74, 6) is 0.643. The molecule has 2 rings (SSSR count). The first-order valence-corrected chi connectivity index (χ1v) is 7.32. The molecule has 0 radical (unpaired) electrons. The van der Waals surface area contributed by atoms with E-state index in [0.29, 0.717) is 17.5 Å². The molecule has 1 aromatic carbocycles. The number of carbonyl (C=O) groups is 1. The van der Waals surface area contributed by atoms with Crippen LogP contribution in [0.3, 0.4) is 0 Å². The van der Waals surface area contributed by atoms with Crippen molar-refractivity contribution in [3.8, 4) is 0 Å². The number of ether oxygens (including phenoxy) is 1. The van der Waals surface area contributed by atoms with Crippen molar-refractivity contribution in [2.24, 2.45) is 5.92 Å². The Morgan fingerprint density at radius 2 is 2.20 bits per heavy atom. The number of likely N-dealkylation sites (tertiary alicyclic amines) is 1. The van der Waals surface area contributed by atoms with E-state index in [0.717, 1.165) is 38.2 Å². The third-order valence-electron chi connectivity index (χ3n) is 3.59. The van der Waals surface area contributed by atoms with Crippen LogP contribution in [0.5, 0.6) is 0 Å². The summed E-state index contributed by atoms with van der Waals surface area (Å²) in [6, 6.07) is 7.21. The van der Waals surface area contributed by atoms with E-state index in [1.54, 1.807) is 19.2 Å². The van der Waals surface area contributed by atoms with Crippen LogP contribution in [0.25, 0.3) is 0 Å². The Bertz CT molecular complexity index is 445. The topological polar surface area (TPSA) is 41.6 Å². The van der Waals surface area contributed by atoms with Crippen molar-refractivity contribution in [2.75, 3.05) is 38.7 Å². The van der Waals surface area contributed by atoms with Crippen molar-refractivity contribution in [3.05, 3.63) is 29.3 Å². The van der Waals surface area contributed by atoms with Gasteiger partial charge >= 0.3 is 0 Å². The van der Waals surface area contributed by atoms with Gasteiger partial charge in [-0.05, 0) is 50.0 Å². The predicted octanol–water partition coefficient (Wildman–Crippen LogP) is 2.64. The fraction of sp³-hybridized carbons (Fsp3) is 0.533. The summed E-state index contributed by atoms with van der Waals surface area (Å²) < 4.78 is 5.18. The maximum atomic E-state index is 12.0. The van der Waals surface area contributed by atoms with Crippen molar-refractivity contribution < 1.29 is 9.53 Å². The fourth-order valence-electron chi connectivity index (χ4n) is 2.52. The second-order valence-corrected chi connectivity index (χ2v) is 5.67. The van der Waals surface area contributed by atoms with Crippen molar-refractivity contribution in [3.63, 3.8) is 0 Å². The first kappa shape index (κ1) is 15.3. The highest BCUT2D eigenvalue weighted by Crippen LogP contribution is 2.18. The second-order valence-electron chi connectivity index (χ2n) is 5.23. The Labute approximate surface area is 125 Å². The van der Waals surface area contributed by atoms with Gasteiger partial charge in [0.1, 0.15) is 0 Å². The van der Waals surface area contributed by atoms with Crippen molar-refractivity contribution in [1.29, 1.82) is 0 Å². The van der Waals surface area contributed by atoms with Crippen LogP contribution < -0.4 is 5.32 Å². The molecule has 1 amide bonds. The molecule has 0 atom stereocenters. The molecule has 20 heavy (non-hydrogen) atoms. The normalized spacial score (nSPS) is 17.1. The number of anilines is 1. The third kappa shape index (κ3) is 4.78. The highest BCUT2D eigenvalue weighted by atomic mass is 35.5. The minimum atomic E-state index is 0.0115. The number of carbonyl (C=O) groups excluding carboxylic acids is 1. The van der Waals surface area contributed by atoms with Gasteiger partial charge in [-0.3, -0.25) is 9.69 Å². The summed E-state index contributed by atoms with van der Waals surface area (Å²) in [7, 11) is 1.74. The van der Waals surface area contributed by atoms with Crippen LogP contribution >= 0.6 is 11.6 Å². The van der Waals surface area contributed by atoms with Gasteiger partial charge in [-0.2, -0.15) is 0 Å². The summed E-state index contributed by atoms with van der Waals surface area (Å²) in [6.45, 7) is 3.17. The van der Waals surface area contributed by atoms with Gasteiger partial charge in [0.25, 0.3) is 0 Å². The zero-order chi connectivity index (χ0) is 14.4. The van der Waals surface area contributed by atoms with E-state index in [9.17, 15) is 4.79 Å². The van der Waals surface area contributed by atoms with Crippen molar-refractivity contribution >= 4 is 23.2 Å². The molecule has 0 spiro atoms. The van der Waals surface area contributed by atoms with E-state index < -0.39 is 0 Å². The molecule has 1 aliphatic heterocycles. The maximum absolute atomic E-state index is 12.0. The molecule has 4 nitrogen and oxygen atoms in total. The minimum absolute atomic E-state index is 0.0115. The largest absolute Gasteiger partial charge is 0.384 e. The lowest BCUT2D eigenvalue weighted by molar-refractivity contribution is -0.117. The third-order valence-corrected chi connectivity index (χ3v) is 3.82. The number of rotatable bonds is 5. The number of nitrogens with zero attached hydrogens (tertiary/aromatic N) is 1. The molecule has 0 aliphatic carbocycles. The molecular formula is C15H21ClN2O2. The van der Waals surface area contributed by atoms with Gasteiger partial charge in [0.2, 0.25) is 5.91 Å². The average Bonchev–Trinajstić information content (AvgIpc) is 2.41. The Kier molecular flexibility index (Phi) is 5.83. The van der Waals surface area contributed by atoms with Gasteiger partial charge in [-0.25, -0.2) is 0 Å². The summed E-state index contributed by atoms with van der Waals surface area (Å²) in [5, 5.41) is 3.50. The average molecular weight is 297 g/mol. The van der Waals surface area contributed by atoms with Crippen LogP contribution in [0.2, 0.25) is 5.02 Å². The molecule has 1 aliphatic rings. The molecule has 1 saturated heterocycles. The first-order chi connectivity index (χ1) is 9.67. The zero-order valence-electron chi connectivity index (χ0n) is 11.8. The van der Waals surface area contributed by atoms with Crippen LogP contribution in [-0.2, 0) is 9.53 Å². The van der Waals surface area contributed by atoms with E-state index in [1.165, 1.54) is 0 Å². The molecule has 1 fully saturated rings. The molecule has 5 heteroatoms. The smallest absolute Gasteiger partial charge is 0.238 e. The number of nitrogens with one attached hydrogen (secondary N) is 1. The van der Waals surface area contributed by atoms with Crippen LogP contribution in [0.4, 0.5) is 5.69 Å². The van der Waals surface area contributed by atoms with E-state index in [1.807, 2.05) is 12.1 Å². The SMILES string of the molecule is COCC1CCN(CC(=O)Nc2cccc(Cl)c2)CC1. The number of piperidine rings is 1. The molecule has 1 N–H and O–H groups in total. The lowest BCUT2D eigenvalue weighted by atomic mass is 9.98. The lowest BCUT2D eigenvalue weighted by Crippen LogP contribution is -2.40. The highest BCUT2D eigenvalue weighted by molar-refractivity contribution is 6.30.